The molecule has 7 nitrogen and oxygen atoms in total. The molecule has 0 spiro atoms. The molecular weight excluding hydrogens is 407 g/mol. The van der Waals surface area contributed by atoms with Crippen LogP contribution in [0.5, 0.6) is 0 Å². The number of likely N-dealkylation sites (tertiary alicyclic amines) is 1. The Hall–Kier alpha value is -3.03. The molecular formula is C24H31FN6O. The lowest BCUT2D eigenvalue weighted by atomic mass is 9.93. The Balaban J connectivity index is 1.63. The second-order valence-electron chi connectivity index (χ2n) is 8.76. The average Bonchev–Trinajstić information content (AvgIpc) is 3.22. The minimum Gasteiger partial charge on any atom is -0.347 e. The molecule has 0 radical (unpaired) electrons. The number of hydrogen-bond donors (Lipinski definition) is 0. The van der Waals surface area contributed by atoms with Crippen molar-refractivity contribution in [3.63, 3.8) is 0 Å². The predicted octanol–water partition coefficient (Wildman–Crippen LogP) is 3.87. The number of rotatable bonds is 6. The summed E-state index contributed by atoms with van der Waals surface area (Å²) < 4.78 is 13.5. The van der Waals surface area contributed by atoms with E-state index in [0.29, 0.717) is 18.9 Å². The number of carbonyl (C=O) groups excluding carboxylic acids is 1. The first-order valence-electron chi connectivity index (χ1n) is 11.3. The number of benzene rings is 1. The van der Waals surface area contributed by atoms with Crippen molar-refractivity contribution in [1.82, 2.24) is 19.9 Å². The molecule has 1 saturated heterocycles. The van der Waals surface area contributed by atoms with E-state index in [1.807, 2.05) is 35.8 Å². The first-order chi connectivity index (χ1) is 15.4. The summed E-state index contributed by atoms with van der Waals surface area (Å²) in [5.41, 5.74) is 3.65. The normalized spacial score (nSPS) is 18.6. The third-order valence-electron chi connectivity index (χ3n) is 6.13. The van der Waals surface area contributed by atoms with Crippen LogP contribution in [0.2, 0.25) is 0 Å². The fraction of sp³-hybridized carbons (Fsp3) is 0.500. The van der Waals surface area contributed by atoms with Crippen LogP contribution in [-0.2, 0) is 4.79 Å². The number of halogens is 1. The van der Waals surface area contributed by atoms with Crippen molar-refractivity contribution in [2.24, 2.45) is 5.10 Å². The van der Waals surface area contributed by atoms with Crippen LogP contribution < -0.4 is 4.90 Å². The van der Waals surface area contributed by atoms with E-state index in [-0.39, 0.29) is 17.8 Å². The molecule has 0 N–H and O–H groups in total. The molecule has 0 saturated carbocycles. The van der Waals surface area contributed by atoms with Gasteiger partial charge in [0.1, 0.15) is 5.82 Å². The molecule has 3 heterocycles. The summed E-state index contributed by atoms with van der Waals surface area (Å²) in [6.07, 6.45) is 6.07. The predicted molar refractivity (Wildman–Crippen MR) is 124 cm³/mol. The second kappa shape index (κ2) is 9.63. The van der Waals surface area contributed by atoms with E-state index in [1.54, 1.807) is 18.3 Å². The molecule has 170 valence electrons. The van der Waals surface area contributed by atoms with E-state index in [2.05, 4.69) is 10.1 Å². The van der Waals surface area contributed by atoms with E-state index >= 15 is 0 Å². The van der Waals surface area contributed by atoms with Crippen molar-refractivity contribution >= 4 is 17.6 Å². The number of amides is 1. The summed E-state index contributed by atoms with van der Waals surface area (Å²) in [4.78, 5) is 26.5. The van der Waals surface area contributed by atoms with Crippen molar-refractivity contribution in [2.45, 2.75) is 45.1 Å². The highest BCUT2D eigenvalue weighted by atomic mass is 19.1. The van der Waals surface area contributed by atoms with Gasteiger partial charge in [-0.25, -0.2) is 14.4 Å². The molecule has 1 aromatic carbocycles. The lowest BCUT2D eigenvalue weighted by Crippen LogP contribution is -2.40. The van der Waals surface area contributed by atoms with E-state index in [9.17, 15) is 9.18 Å². The van der Waals surface area contributed by atoms with Gasteiger partial charge in [0.15, 0.2) is 0 Å². The lowest BCUT2D eigenvalue weighted by molar-refractivity contribution is -0.135. The van der Waals surface area contributed by atoms with Gasteiger partial charge in [-0.3, -0.25) is 9.80 Å². The highest BCUT2D eigenvalue weighted by Crippen LogP contribution is 2.36. The van der Waals surface area contributed by atoms with Crippen LogP contribution in [0.15, 0.2) is 35.6 Å². The summed E-state index contributed by atoms with van der Waals surface area (Å²) in [7, 11) is 3.80. The van der Waals surface area contributed by atoms with Crippen LogP contribution in [0.3, 0.4) is 0 Å². The number of anilines is 1. The highest BCUT2D eigenvalue weighted by molar-refractivity contribution is 5.83. The third kappa shape index (κ3) is 4.89. The van der Waals surface area contributed by atoms with Crippen molar-refractivity contribution in [1.29, 1.82) is 0 Å². The van der Waals surface area contributed by atoms with Gasteiger partial charge in [-0.1, -0.05) is 12.1 Å². The zero-order valence-corrected chi connectivity index (χ0v) is 19.1. The fourth-order valence-electron chi connectivity index (χ4n) is 4.38. The first-order valence-corrected chi connectivity index (χ1v) is 11.3. The maximum Gasteiger partial charge on any atom is 0.225 e. The van der Waals surface area contributed by atoms with Crippen LogP contribution in [0.1, 0.15) is 50.8 Å². The van der Waals surface area contributed by atoms with Gasteiger partial charge in [-0.2, -0.15) is 5.10 Å². The van der Waals surface area contributed by atoms with Crippen LogP contribution in [0, 0.1) is 5.82 Å². The van der Waals surface area contributed by atoms with Crippen molar-refractivity contribution in [2.75, 3.05) is 38.6 Å². The molecule has 1 aromatic heterocycles. The molecule has 0 unspecified atom stereocenters. The van der Waals surface area contributed by atoms with Gasteiger partial charge < -0.3 is 9.80 Å². The Bertz CT molecular complexity index is 990. The van der Waals surface area contributed by atoms with Gasteiger partial charge in [0.2, 0.25) is 11.9 Å². The zero-order chi connectivity index (χ0) is 22.7. The van der Waals surface area contributed by atoms with Gasteiger partial charge in [-0.05, 0) is 43.9 Å². The topological polar surface area (TPSA) is 64.9 Å². The Morgan fingerprint density at radius 3 is 2.66 bits per heavy atom. The monoisotopic (exact) mass is 438 g/mol. The van der Waals surface area contributed by atoms with Gasteiger partial charge in [0, 0.05) is 64.0 Å². The Morgan fingerprint density at radius 2 is 1.97 bits per heavy atom. The zero-order valence-electron chi connectivity index (χ0n) is 19.1. The Labute approximate surface area is 188 Å². The molecule has 1 atom stereocenters. The summed E-state index contributed by atoms with van der Waals surface area (Å²) in [5, 5.41) is 6.49. The lowest BCUT2D eigenvalue weighted by Gasteiger charge is -2.37. The number of hydrazone groups is 1. The van der Waals surface area contributed by atoms with Gasteiger partial charge >= 0.3 is 0 Å². The van der Waals surface area contributed by atoms with Crippen molar-refractivity contribution < 1.29 is 9.18 Å². The van der Waals surface area contributed by atoms with E-state index < -0.39 is 0 Å². The van der Waals surface area contributed by atoms with Gasteiger partial charge in [0.25, 0.3) is 0 Å². The molecule has 1 amide bonds. The molecule has 2 aliphatic heterocycles. The molecule has 2 aromatic rings. The maximum absolute atomic E-state index is 13.5. The van der Waals surface area contributed by atoms with Crippen LogP contribution in [0.25, 0.3) is 11.1 Å². The van der Waals surface area contributed by atoms with Crippen LogP contribution >= 0.6 is 0 Å². The SMILES string of the molecule is CC1=NN(CCC(=O)N2CCCC[C@H]2c2nc(N(C)C)ncc2-c2ccc(F)cc2)CC1. The molecule has 4 rings (SSSR count). The summed E-state index contributed by atoms with van der Waals surface area (Å²) in [6, 6.07) is 6.26. The van der Waals surface area contributed by atoms with Gasteiger partial charge in [-0.15, -0.1) is 0 Å². The van der Waals surface area contributed by atoms with Crippen molar-refractivity contribution in [3.05, 3.63) is 42.0 Å². The highest BCUT2D eigenvalue weighted by Gasteiger charge is 2.31. The molecule has 32 heavy (non-hydrogen) atoms. The van der Waals surface area contributed by atoms with E-state index in [1.165, 1.54) is 12.1 Å². The first kappa shape index (κ1) is 22.2. The second-order valence-corrected chi connectivity index (χ2v) is 8.76. The number of carbonyl (C=O) groups is 1. The molecule has 1 fully saturated rings. The minimum atomic E-state index is -0.282. The molecule has 0 bridgehead atoms. The number of piperidine rings is 1. The van der Waals surface area contributed by atoms with Gasteiger partial charge in [0.05, 0.1) is 11.7 Å². The summed E-state index contributed by atoms with van der Waals surface area (Å²) in [5.74, 6) is 0.450. The standard InChI is InChI=1S/C24H31FN6O/c1-17-11-14-30(28-17)15-12-22(32)31-13-5-4-6-21(31)23-20(16-26-24(27-23)29(2)3)18-7-9-19(25)10-8-18/h7-10,16,21H,4-6,11-15H2,1-3H3/t21-/m0/s1. The van der Waals surface area contributed by atoms with E-state index in [0.717, 1.165) is 61.3 Å². The number of hydrogen-bond acceptors (Lipinski definition) is 6. The minimum absolute atomic E-state index is 0.123. The average molecular weight is 439 g/mol. The maximum atomic E-state index is 13.5. The number of nitrogens with zero attached hydrogens (tertiary/aromatic N) is 6. The Morgan fingerprint density at radius 1 is 1.19 bits per heavy atom. The molecule has 0 aliphatic carbocycles. The number of aromatic nitrogens is 2. The quantitative estimate of drug-likeness (QED) is 0.685. The summed E-state index contributed by atoms with van der Waals surface area (Å²) in [6.45, 7) is 4.26. The van der Waals surface area contributed by atoms with E-state index in [4.69, 9.17) is 4.98 Å². The largest absolute Gasteiger partial charge is 0.347 e. The summed E-state index contributed by atoms with van der Waals surface area (Å²) >= 11 is 0. The van der Waals surface area contributed by atoms with Crippen LogP contribution in [0.4, 0.5) is 10.3 Å². The molecule has 8 heteroatoms. The smallest absolute Gasteiger partial charge is 0.225 e. The Kier molecular flexibility index (Phi) is 6.67. The third-order valence-corrected chi connectivity index (χ3v) is 6.13. The van der Waals surface area contributed by atoms with Crippen LogP contribution in [-0.4, -0.2) is 65.2 Å². The molecule has 2 aliphatic rings. The van der Waals surface area contributed by atoms with Crippen molar-refractivity contribution in [3.8, 4) is 11.1 Å². The fourth-order valence-corrected chi connectivity index (χ4v) is 4.38.